The lowest BCUT2D eigenvalue weighted by atomic mass is 9.88. The molecule has 21 nitrogen and oxygen atoms in total. The molecule has 1 aromatic heterocycles. The molecular formula is C32H42FN3O18. The van der Waals surface area contributed by atoms with Crippen LogP contribution in [0.3, 0.4) is 0 Å². The smallest absolute Gasteiger partial charge is 0.366 e. The third kappa shape index (κ3) is 9.66. The SMILES string of the molecule is COC(=O)[C@@]1(OC[C@H]2O[C@@H](n3cc(F)c(=O)[nH]c3=O)C3OC(C)(C)O[C@H]32)C[C@@H](OC(C)=O)[C@@H](NC(C)=O)C([C@H](OC(C)=O)[C@@H](COC(C)=O)OC(C)=O)O1. The minimum atomic E-state index is -2.60. The summed E-state index contributed by atoms with van der Waals surface area (Å²) in [6, 6.07) is -1.45. The summed E-state index contributed by atoms with van der Waals surface area (Å²) >= 11 is 0. The molecule has 0 saturated carbocycles. The highest BCUT2D eigenvalue weighted by molar-refractivity contribution is 5.79. The van der Waals surface area contributed by atoms with E-state index in [9.17, 15) is 42.7 Å². The van der Waals surface area contributed by atoms with E-state index in [4.69, 9.17) is 47.4 Å². The zero-order valence-corrected chi connectivity index (χ0v) is 30.6. The summed E-state index contributed by atoms with van der Waals surface area (Å²) in [5.74, 6) is -10.7. The number of hydrogen-bond acceptors (Lipinski definition) is 18. The predicted molar refractivity (Wildman–Crippen MR) is 170 cm³/mol. The lowest BCUT2D eigenvalue weighted by Gasteiger charge is -2.48. The molecule has 1 aromatic rings. The number of halogens is 1. The summed E-state index contributed by atoms with van der Waals surface area (Å²) in [7, 11) is 0.976. The number of ether oxygens (including phenoxy) is 10. The second kappa shape index (κ2) is 16.7. The van der Waals surface area contributed by atoms with Crippen molar-refractivity contribution in [3.05, 3.63) is 32.9 Å². The Balaban J connectivity index is 1.80. The molecule has 54 heavy (non-hydrogen) atoms. The molecule has 300 valence electrons. The van der Waals surface area contributed by atoms with Gasteiger partial charge in [0, 0.05) is 34.6 Å². The minimum absolute atomic E-state index is 0.627. The van der Waals surface area contributed by atoms with E-state index in [1.54, 1.807) is 13.8 Å². The molecule has 0 radical (unpaired) electrons. The van der Waals surface area contributed by atoms with Gasteiger partial charge in [-0.05, 0) is 13.8 Å². The van der Waals surface area contributed by atoms with E-state index in [0.29, 0.717) is 6.20 Å². The van der Waals surface area contributed by atoms with Crippen LogP contribution in [-0.4, -0.2) is 126 Å². The number of aromatic amines is 1. The largest absolute Gasteiger partial charge is 0.465 e. The van der Waals surface area contributed by atoms with Crippen molar-refractivity contribution in [1.29, 1.82) is 0 Å². The number of nitrogens with one attached hydrogen (secondary N) is 2. The number of esters is 5. The predicted octanol–water partition coefficient (Wildman–Crippen LogP) is -1.37. The number of amides is 1. The van der Waals surface area contributed by atoms with Crippen LogP contribution in [0.5, 0.6) is 0 Å². The van der Waals surface area contributed by atoms with Gasteiger partial charge in [-0.25, -0.2) is 9.59 Å². The van der Waals surface area contributed by atoms with Crippen LogP contribution >= 0.6 is 0 Å². The first-order valence-corrected chi connectivity index (χ1v) is 16.5. The number of H-pyrrole nitrogens is 1. The van der Waals surface area contributed by atoms with Gasteiger partial charge in [-0.3, -0.25) is 38.3 Å². The van der Waals surface area contributed by atoms with Crippen molar-refractivity contribution in [3.63, 3.8) is 0 Å². The zero-order chi connectivity index (χ0) is 40.3. The van der Waals surface area contributed by atoms with Crippen LogP contribution in [-0.2, 0) is 76.1 Å². The molecule has 2 unspecified atom stereocenters. The first-order valence-electron chi connectivity index (χ1n) is 16.5. The summed E-state index contributed by atoms with van der Waals surface area (Å²) in [6.45, 7) is 6.96. The maximum absolute atomic E-state index is 14.3. The fraction of sp³-hybridized carbons (Fsp3) is 0.688. The number of methoxy groups -OCH3 is 1. The van der Waals surface area contributed by atoms with E-state index in [2.05, 4.69) is 5.32 Å². The Morgan fingerprint density at radius 3 is 2.19 bits per heavy atom. The van der Waals surface area contributed by atoms with E-state index in [-0.39, 0.29) is 0 Å². The Labute approximate surface area is 305 Å². The van der Waals surface area contributed by atoms with Crippen molar-refractivity contribution in [2.45, 2.75) is 121 Å². The normalized spacial score (nSPS) is 29.5. The maximum Gasteiger partial charge on any atom is 0.366 e. The molecule has 10 atom stereocenters. The van der Waals surface area contributed by atoms with Gasteiger partial charge in [0.1, 0.15) is 37.1 Å². The lowest BCUT2D eigenvalue weighted by Crippen LogP contribution is -2.69. The molecule has 0 bridgehead atoms. The fourth-order valence-electron chi connectivity index (χ4n) is 6.43. The number of hydrogen-bond donors (Lipinski definition) is 2. The molecule has 4 heterocycles. The molecule has 3 fully saturated rings. The number of nitrogens with zero attached hydrogens (tertiary/aromatic N) is 1. The minimum Gasteiger partial charge on any atom is -0.465 e. The third-order valence-electron chi connectivity index (χ3n) is 8.30. The van der Waals surface area contributed by atoms with Crippen LogP contribution in [0.15, 0.2) is 15.8 Å². The molecule has 22 heteroatoms. The highest BCUT2D eigenvalue weighted by atomic mass is 19.1. The van der Waals surface area contributed by atoms with Crippen molar-refractivity contribution in [3.8, 4) is 0 Å². The van der Waals surface area contributed by atoms with Crippen molar-refractivity contribution >= 4 is 35.8 Å². The Morgan fingerprint density at radius 2 is 1.61 bits per heavy atom. The second-order valence-corrected chi connectivity index (χ2v) is 13.0. The van der Waals surface area contributed by atoms with Gasteiger partial charge in [0.25, 0.3) is 11.3 Å². The molecule has 3 aliphatic heterocycles. The van der Waals surface area contributed by atoms with Crippen molar-refractivity contribution < 1.29 is 80.5 Å². The summed E-state index contributed by atoms with van der Waals surface area (Å²) in [6.07, 6.45) is -11.5. The zero-order valence-electron chi connectivity index (χ0n) is 30.6. The van der Waals surface area contributed by atoms with Gasteiger partial charge in [-0.15, -0.1) is 0 Å². The van der Waals surface area contributed by atoms with Gasteiger partial charge in [0.2, 0.25) is 11.7 Å². The third-order valence-corrected chi connectivity index (χ3v) is 8.30. The first-order chi connectivity index (χ1) is 25.2. The summed E-state index contributed by atoms with van der Waals surface area (Å²) in [4.78, 5) is 101. The van der Waals surface area contributed by atoms with Crippen LogP contribution < -0.4 is 16.6 Å². The van der Waals surface area contributed by atoms with E-state index in [1.165, 1.54) is 0 Å². The highest BCUT2D eigenvalue weighted by Gasteiger charge is 2.61. The lowest BCUT2D eigenvalue weighted by molar-refractivity contribution is -0.321. The molecule has 3 saturated heterocycles. The molecule has 3 aliphatic rings. The molecule has 4 rings (SSSR count). The number of carbonyl (C=O) groups excluding carboxylic acids is 6. The van der Waals surface area contributed by atoms with E-state index in [0.717, 1.165) is 46.3 Å². The standard InChI is InChI=1S/C32H42FN3O18/c1-13(37)34-22-19(48-15(3)39)9-32(29(43)45-8,54-25(22)23(50-17(5)41)20(49-16(4)40)11-46-14(2)38)47-12-21-24-26(53-31(6,7)52-24)28(51-21)36-10-18(33)27(42)35-30(36)44/h10,19-26,28H,9,11-12H2,1-8H3,(H,34,37)(H,35,42,44)/t19-,20-,21-,22-,23-,24+,25?,26?,28-,32-/m1/s1. The highest BCUT2D eigenvalue weighted by Crippen LogP contribution is 2.44. The average Bonchev–Trinajstić information content (AvgIpc) is 3.55. The van der Waals surface area contributed by atoms with Gasteiger partial charge in [0.15, 0.2) is 24.2 Å². The van der Waals surface area contributed by atoms with Crippen molar-refractivity contribution in [1.82, 2.24) is 14.9 Å². The van der Waals surface area contributed by atoms with Gasteiger partial charge in [-0.1, -0.05) is 0 Å². The Hall–Kier alpha value is -4.77. The molecule has 1 amide bonds. The summed E-state index contributed by atoms with van der Waals surface area (Å²) in [5, 5.41) is 2.55. The number of carbonyl (C=O) groups is 6. The van der Waals surface area contributed by atoms with Crippen molar-refractivity contribution in [2.75, 3.05) is 20.3 Å². The first kappa shape index (κ1) is 42.0. The topological polar surface area (TPSA) is 262 Å². The maximum atomic E-state index is 14.3. The second-order valence-electron chi connectivity index (χ2n) is 13.0. The Kier molecular flexibility index (Phi) is 13.0. The summed E-state index contributed by atoms with van der Waals surface area (Å²) < 4.78 is 72.0. The molecule has 0 aromatic carbocycles. The quantitative estimate of drug-likeness (QED) is 0.173. The summed E-state index contributed by atoms with van der Waals surface area (Å²) in [5.41, 5.74) is -2.31. The molecule has 0 spiro atoms. The Morgan fingerprint density at radius 1 is 0.963 bits per heavy atom. The van der Waals surface area contributed by atoms with Crippen LogP contribution in [0.1, 0.15) is 61.1 Å². The van der Waals surface area contributed by atoms with Gasteiger partial charge < -0.3 is 52.7 Å². The van der Waals surface area contributed by atoms with Crippen LogP contribution in [0, 0.1) is 5.82 Å². The Bertz CT molecular complexity index is 1750. The monoisotopic (exact) mass is 775 g/mol. The average molecular weight is 776 g/mol. The molecular weight excluding hydrogens is 733 g/mol. The van der Waals surface area contributed by atoms with Gasteiger partial charge >= 0.3 is 35.5 Å². The van der Waals surface area contributed by atoms with Crippen molar-refractivity contribution in [2.24, 2.45) is 0 Å². The molecule has 2 N–H and O–H groups in total. The number of fused-ring (bicyclic) bond motifs is 1. The van der Waals surface area contributed by atoms with E-state index in [1.807, 2.05) is 4.98 Å². The van der Waals surface area contributed by atoms with Crippen LogP contribution in [0.25, 0.3) is 0 Å². The number of aromatic nitrogens is 2. The van der Waals surface area contributed by atoms with Gasteiger partial charge in [0.05, 0.1) is 32.4 Å². The molecule has 0 aliphatic carbocycles. The van der Waals surface area contributed by atoms with Gasteiger partial charge in [-0.2, -0.15) is 4.39 Å². The van der Waals surface area contributed by atoms with E-state index < -0.39 is 139 Å². The fourth-order valence-corrected chi connectivity index (χ4v) is 6.43. The van der Waals surface area contributed by atoms with E-state index >= 15 is 0 Å². The van der Waals surface area contributed by atoms with Crippen LogP contribution in [0.2, 0.25) is 0 Å². The number of rotatable bonds is 13. The van der Waals surface area contributed by atoms with Crippen LogP contribution in [0.4, 0.5) is 4.39 Å².